The summed E-state index contributed by atoms with van der Waals surface area (Å²) in [6.07, 6.45) is 0.417. The first-order valence-electron chi connectivity index (χ1n) is 8.84. The molecule has 0 saturated carbocycles. The average molecular weight is 348 g/mol. The number of ether oxygens (including phenoxy) is 3. The van der Waals surface area contributed by atoms with E-state index >= 15 is 0 Å². The summed E-state index contributed by atoms with van der Waals surface area (Å²) in [4.78, 5) is 24.3. The molecule has 1 fully saturated rings. The van der Waals surface area contributed by atoms with Gasteiger partial charge in [-0.05, 0) is 62.9 Å². The van der Waals surface area contributed by atoms with Crippen molar-refractivity contribution in [2.45, 2.75) is 66.3 Å². The molecule has 0 spiro atoms. The quantitative estimate of drug-likeness (QED) is 0.762. The molecule has 4 unspecified atom stereocenters. The monoisotopic (exact) mass is 348 g/mol. The molecule has 5 heteroatoms. The van der Waals surface area contributed by atoms with Crippen LogP contribution in [0.1, 0.15) is 54.2 Å². The number of aryl methyl sites for hydroxylation is 2. The maximum Gasteiger partial charge on any atom is 0.344 e. The van der Waals surface area contributed by atoms with Crippen LogP contribution in [0.3, 0.4) is 0 Å². The molecule has 138 valence electrons. The van der Waals surface area contributed by atoms with Crippen LogP contribution in [0.2, 0.25) is 0 Å². The topological polar surface area (TPSA) is 61.8 Å². The van der Waals surface area contributed by atoms with E-state index in [0.29, 0.717) is 5.56 Å². The molecule has 4 atom stereocenters. The van der Waals surface area contributed by atoms with Gasteiger partial charge in [0.05, 0.1) is 17.8 Å². The number of benzene rings is 1. The van der Waals surface area contributed by atoms with Crippen molar-refractivity contribution in [1.29, 1.82) is 0 Å². The fourth-order valence-electron chi connectivity index (χ4n) is 3.14. The van der Waals surface area contributed by atoms with E-state index in [1.165, 1.54) is 0 Å². The zero-order valence-electron chi connectivity index (χ0n) is 15.9. The van der Waals surface area contributed by atoms with Gasteiger partial charge in [0.2, 0.25) is 0 Å². The van der Waals surface area contributed by atoms with Crippen molar-refractivity contribution in [2.75, 3.05) is 6.61 Å². The van der Waals surface area contributed by atoms with Gasteiger partial charge in [0.25, 0.3) is 0 Å². The van der Waals surface area contributed by atoms with Crippen molar-refractivity contribution in [3.05, 3.63) is 34.4 Å². The van der Waals surface area contributed by atoms with Crippen LogP contribution in [-0.2, 0) is 19.0 Å². The molecule has 0 bridgehead atoms. The Hall–Kier alpha value is -1.88. The van der Waals surface area contributed by atoms with Crippen molar-refractivity contribution in [3.63, 3.8) is 0 Å². The molecule has 0 aliphatic carbocycles. The molecule has 0 N–H and O–H groups in total. The van der Waals surface area contributed by atoms with Crippen LogP contribution in [0.5, 0.6) is 0 Å². The van der Waals surface area contributed by atoms with Gasteiger partial charge in [-0.2, -0.15) is 0 Å². The summed E-state index contributed by atoms with van der Waals surface area (Å²) in [5, 5.41) is 0. The van der Waals surface area contributed by atoms with E-state index in [-0.39, 0.29) is 24.2 Å². The third-order valence-corrected chi connectivity index (χ3v) is 5.17. The minimum absolute atomic E-state index is 0.0452. The van der Waals surface area contributed by atoms with Crippen molar-refractivity contribution in [2.24, 2.45) is 5.92 Å². The van der Waals surface area contributed by atoms with Gasteiger partial charge in [-0.1, -0.05) is 13.8 Å². The van der Waals surface area contributed by atoms with Gasteiger partial charge in [0.15, 0.2) is 6.61 Å². The zero-order chi connectivity index (χ0) is 18.7. The van der Waals surface area contributed by atoms with Crippen LogP contribution in [0, 0.1) is 26.7 Å². The largest absolute Gasteiger partial charge is 0.457 e. The summed E-state index contributed by atoms with van der Waals surface area (Å²) in [7, 11) is 0. The first-order valence-corrected chi connectivity index (χ1v) is 8.84. The highest BCUT2D eigenvalue weighted by molar-refractivity contribution is 5.91. The second-order valence-corrected chi connectivity index (χ2v) is 6.91. The lowest BCUT2D eigenvalue weighted by atomic mass is 9.98. The predicted molar refractivity (Wildman–Crippen MR) is 94.6 cm³/mol. The lowest BCUT2D eigenvalue weighted by Crippen LogP contribution is -2.33. The van der Waals surface area contributed by atoms with Crippen LogP contribution in [0.4, 0.5) is 0 Å². The van der Waals surface area contributed by atoms with E-state index in [1.807, 2.05) is 41.5 Å². The van der Waals surface area contributed by atoms with Crippen LogP contribution in [-0.4, -0.2) is 36.9 Å². The number of rotatable bonds is 5. The average Bonchev–Trinajstić information content (AvgIpc) is 2.84. The van der Waals surface area contributed by atoms with Crippen LogP contribution in [0.15, 0.2) is 12.1 Å². The normalized spacial score (nSPS) is 25.7. The smallest absolute Gasteiger partial charge is 0.344 e. The lowest BCUT2D eigenvalue weighted by molar-refractivity contribution is -0.156. The second-order valence-electron chi connectivity index (χ2n) is 6.91. The van der Waals surface area contributed by atoms with Crippen LogP contribution in [0.25, 0.3) is 0 Å². The number of esters is 2. The maximum absolute atomic E-state index is 12.2. The van der Waals surface area contributed by atoms with Gasteiger partial charge < -0.3 is 14.2 Å². The summed E-state index contributed by atoms with van der Waals surface area (Å²) in [6.45, 7) is 11.5. The van der Waals surface area contributed by atoms with Crippen LogP contribution >= 0.6 is 0 Å². The van der Waals surface area contributed by atoms with Gasteiger partial charge in [-0.25, -0.2) is 9.59 Å². The molecule has 1 aliphatic heterocycles. The highest BCUT2D eigenvalue weighted by Crippen LogP contribution is 2.30. The third kappa shape index (κ3) is 4.40. The summed E-state index contributed by atoms with van der Waals surface area (Å²) < 4.78 is 16.4. The summed E-state index contributed by atoms with van der Waals surface area (Å²) in [5.74, 6) is -0.937. The fraction of sp³-hybridized carbons (Fsp3) is 0.600. The highest BCUT2D eigenvalue weighted by Gasteiger charge is 2.41. The van der Waals surface area contributed by atoms with E-state index in [2.05, 4.69) is 0 Å². The Morgan fingerprint density at radius 2 is 1.72 bits per heavy atom. The minimum atomic E-state index is -0.540. The Balaban J connectivity index is 1.92. The van der Waals surface area contributed by atoms with Gasteiger partial charge in [0, 0.05) is 5.92 Å². The number of hydrogen-bond donors (Lipinski definition) is 0. The second kappa shape index (κ2) is 8.00. The molecule has 1 heterocycles. The predicted octanol–water partition coefficient (Wildman–Crippen LogP) is 3.51. The molecule has 1 aromatic rings. The van der Waals surface area contributed by atoms with Gasteiger partial charge in [0.1, 0.15) is 6.10 Å². The van der Waals surface area contributed by atoms with Crippen molar-refractivity contribution in [3.8, 4) is 0 Å². The Bertz CT molecular complexity index is 628. The summed E-state index contributed by atoms with van der Waals surface area (Å²) in [5.41, 5.74) is 3.63. The molecular weight excluding hydrogens is 320 g/mol. The number of carbonyl (C=O) groups is 2. The van der Waals surface area contributed by atoms with Gasteiger partial charge in [-0.3, -0.25) is 0 Å². The molecular formula is C20H28O5. The van der Waals surface area contributed by atoms with E-state index in [1.54, 1.807) is 12.1 Å². The standard InChI is InChI=1S/C20H28O5/c1-7-17-19(14(5)15(6)24-17)25-18(21)10-23-20(22)16-8-11(2)13(4)12(3)9-16/h8-9,14-15,17,19H,7,10H2,1-6H3. The number of hydrogen-bond acceptors (Lipinski definition) is 5. The van der Waals surface area contributed by atoms with E-state index in [4.69, 9.17) is 14.2 Å². The van der Waals surface area contributed by atoms with Crippen molar-refractivity contribution < 1.29 is 23.8 Å². The molecule has 1 aliphatic rings. The van der Waals surface area contributed by atoms with E-state index in [9.17, 15) is 9.59 Å². The Morgan fingerprint density at radius 3 is 2.28 bits per heavy atom. The molecule has 2 rings (SSSR count). The molecule has 0 radical (unpaired) electrons. The lowest BCUT2D eigenvalue weighted by Gasteiger charge is -2.20. The SMILES string of the molecule is CCC1OC(C)C(C)C1OC(=O)COC(=O)c1cc(C)c(C)c(C)c1. The van der Waals surface area contributed by atoms with E-state index in [0.717, 1.165) is 23.1 Å². The van der Waals surface area contributed by atoms with Gasteiger partial charge >= 0.3 is 11.9 Å². The van der Waals surface area contributed by atoms with E-state index < -0.39 is 18.5 Å². The summed E-state index contributed by atoms with van der Waals surface area (Å²) in [6, 6.07) is 3.55. The third-order valence-electron chi connectivity index (χ3n) is 5.17. The molecule has 5 nitrogen and oxygen atoms in total. The molecule has 1 saturated heterocycles. The van der Waals surface area contributed by atoms with Crippen LogP contribution < -0.4 is 0 Å². The van der Waals surface area contributed by atoms with Crippen molar-refractivity contribution >= 4 is 11.9 Å². The van der Waals surface area contributed by atoms with Crippen molar-refractivity contribution in [1.82, 2.24) is 0 Å². The maximum atomic E-state index is 12.2. The zero-order valence-corrected chi connectivity index (χ0v) is 15.9. The molecule has 25 heavy (non-hydrogen) atoms. The Kier molecular flexibility index (Phi) is 6.22. The molecule has 0 aromatic heterocycles. The minimum Gasteiger partial charge on any atom is -0.457 e. The Morgan fingerprint density at radius 1 is 1.12 bits per heavy atom. The van der Waals surface area contributed by atoms with Gasteiger partial charge in [-0.15, -0.1) is 0 Å². The first kappa shape index (κ1) is 19.4. The molecule has 1 aromatic carbocycles. The first-order chi connectivity index (χ1) is 11.7. The number of carbonyl (C=O) groups excluding carboxylic acids is 2. The summed E-state index contributed by atoms with van der Waals surface area (Å²) >= 11 is 0. The highest BCUT2D eigenvalue weighted by atomic mass is 16.6. The Labute approximate surface area is 149 Å². The molecule has 0 amide bonds. The fourth-order valence-corrected chi connectivity index (χ4v) is 3.14.